The molecule has 0 aliphatic heterocycles. The van der Waals surface area contributed by atoms with Crippen LogP contribution in [-0.2, 0) is 4.74 Å². The summed E-state index contributed by atoms with van der Waals surface area (Å²) in [5.41, 5.74) is 0. The summed E-state index contributed by atoms with van der Waals surface area (Å²) in [6.45, 7) is 4.89. The van der Waals surface area contributed by atoms with Crippen molar-refractivity contribution in [1.82, 2.24) is 0 Å². The van der Waals surface area contributed by atoms with Gasteiger partial charge in [-0.2, -0.15) is 0 Å². The van der Waals surface area contributed by atoms with E-state index in [1.165, 1.54) is 38.5 Å². The summed E-state index contributed by atoms with van der Waals surface area (Å²) in [5.74, 6) is 0. The predicted molar refractivity (Wildman–Crippen MR) is 68.4 cm³/mol. The van der Waals surface area contributed by atoms with Crippen LogP contribution in [0.5, 0.6) is 0 Å². The van der Waals surface area contributed by atoms with Gasteiger partial charge in [0.05, 0.1) is 0 Å². The van der Waals surface area contributed by atoms with Crippen LogP contribution in [-0.4, -0.2) is 25.3 Å². The van der Waals surface area contributed by atoms with Crippen LogP contribution in [0.2, 0.25) is 0 Å². The standard InChI is InChI=1S/C9H20O.CH5OP.CH4/c1-3-4-5-6-7-8-9-10-2;1-3-2;/h3-9H2,1-2H3;2-3H,1H3;1H4. The summed E-state index contributed by atoms with van der Waals surface area (Å²) >= 11 is 0. The lowest BCUT2D eigenvalue weighted by atomic mass is 10.1. The van der Waals surface area contributed by atoms with E-state index in [0.717, 1.165) is 6.61 Å². The molecular weight excluding hydrogens is 195 g/mol. The molecule has 3 heteroatoms. The average Bonchev–Trinajstić information content (AvgIpc) is 2.13. The van der Waals surface area contributed by atoms with E-state index in [4.69, 9.17) is 9.63 Å². The smallest absolute Gasteiger partial charge is 0.0462 e. The molecule has 0 rings (SSSR count). The van der Waals surface area contributed by atoms with Crippen molar-refractivity contribution in [2.45, 2.75) is 52.9 Å². The second-order valence-corrected chi connectivity index (χ2v) is 3.43. The lowest BCUT2D eigenvalue weighted by Gasteiger charge is -1.98. The zero-order valence-electron chi connectivity index (χ0n) is 9.31. The van der Waals surface area contributed by atoms with Gasteiger partial charge in [-0.1, -0.05) is 46.5 Å². The molecule has 0 saturated carbocycles. The molecule has 1 atom stereocenters. The minimum Gasteiger partial charge on any atom is -0.385 e. The van der Waals surface area contributed by atoms with Crippen molar-refractivity contribution < 1.29 is 9.63 Å². The molecule has 0 heterocycles. The van der Waals surface area contributed by atoms with Gasteiger partial charge in [0.1, 0.15) is 0 Å². The molecule has 0 aromatic carbocycles. The first-order chi connectivity index (χ1) is 6.33. The van der Waals surface area contributed by atoms with E-state index >= 15 is 0 Å². The quantitative estimate of drug-likeness (QED) is 0.526. The lowest BCUT2D eigenvalue weighted by molar-refractivity contribution is 0.192. The highest BCUT2D eigenvalue weighted by Crippen LogP contribution is 2.04. The van der Waals surface area contributed by atoms with Gasteiger partial charge in [0, 0.05) is 22.5 Å². The minimum atomic E-state index is 0. The van der Waals surface area contributed by atoms with E-state index in [1.54, 1.807) is 13.8 Å². The van der Waals surface area contributed by atoms with Crippen LogP contribution in [0.1, 0.15) is 52.9 Å². The van der Waals surface area contributed by atoms with Gasteiger partial charge in [-0.25, -0.2) is 0 Å². The van der Waals surface area contributed by atoms with Crippen LogP contribution in [0, 0.1) is 0 Å². The molecule has 2 nitrogen and oxygen atoms in total. The number of hydrogen-bond acceptors (Lipinski definition) is 2. The lowest BCUT2D eigenvalue weighted by Crippen LogP contribution is -1.87. The van der Waals surface area contributed by atoms with Crippen LogP contribution in [0.3, 0.4) is 0 Å². The van der Waals surface area contributed by atoms with E-state index < -0.39 is 0 Å². The molecule has 0 aliphatic carbocycles. The molecule has 0 amide bonds. The Morgan fingerprint density at radius 1 is 1.07 bits per heavy atom. The van der Waals surface area contributed by atoms with E-state index in [1.807, 2.05) is 0 Å². The topological polar surface area (TPSA) is 29.5 Å². The van der Waals surface area contributed by atoms with E-state index in [9.17, 15) is 0 Å². The first-order valence-corrected chi connectivity index (χ1v) is 6.57. The third kappa shape index (κ3) is 29.4. The summed E-state index contributed by atoms with van der Waals surface area (Å²) in [6.07, 6.45) is 8.10. The maximum absolute atomic E-state index is 7.60. The molecule has 14 heavy (non-hydrogen) atoms. The monoisotopic (exact) mass is 224 g/mol. The molecule has 0 bridgehead atoms. The summed E-state index contributed by atoms with van der Waals surface area (Å²) in [7, 11) is 1.85. The van der Waals surface area contributed by atoms with Crippen molar-refractivity contribution in [3.63, 3.8) is 0 Å². The molecule has 0 aromatic heterocycles. The van der Waals surface area contributed by atoms with Crippen LogP contribution in [0.15, 0.2) is 0 Å². The normalized spacial score (nSPS) is 9.43. The van der Waals surface area contributed by atoms with Crippen LogP contribution in [0.25, 0.3) is 0 Å². The van der Waals surface area contributed by atoms with Gasteiger partial charge in [0.2, 0.25) is 0 Å². The fourth-order valence-electron chi connectivity index (χ4n) is 1.03. The van der Waals surface area contributed by atoms with Gasteiger partial charge >= 0.3 is 0 Å². The van der Waals surface area contributed by atoms with E-state index in [0.29, 0.717) is 0 Å². The van der Waals surface area contributed by atoms with Gasteiger partial charge in [-0.05, 0) is 13.1 Å². The second-order valence-electron chi connectivity index (χ2n) is 2.98. The highest BCUT2D eigenvalue weighted by molar-refractivity contribution is 7.29. The molecule has 0 aliphatic rings. The van der Waals surface area contributed by atoms with Gasteiger partial charge in [-0.3, -0.25) is 0 Å². The van der Waals surface area contributed by atoms with Crippen molar-refractivity contribution in [1.29, 1.82) is 0 Å². The molecule has 0 aromatic rings. The number of methoxy groups -OCH3 is 1. The Bertz CT molecular complexity index is 62.3. The Balaban J connectivity index is -0.000000267. The number of rotatable bonds is 7. The summed E-state index contributed by atoms with van der Waals surface area (Å²) in [4.78, 5) is 7.60. The molecular formula is C11H29O2P. The summed E-state index contributed by atoms with van der Waals surface area (Å²) < 4.78 is 4.95. The van der Waals surface area contributed by atoms with E-state index in [-0.39, 0.29) is 16.2 Å². The van der Waals surface area contributed by atoms with Crippen molar-refractivity contribution in [3.05, 3.63) is 0 Å². The van der Waals surface area contributed by atoms with Crippen molar-refractivity contribution >= 4 is 8.81 Å². The Hall–Kier alpha value is 0.350. The Labute approximate surface area is 92.3 Å². The van der Waals surface area contributed by atoms with Crippen LogP contribution < -0.4 is 0 Å². The molecule has 1 N–H and O–H groups in total. The molecule has 90 valence electrons. The first-order valence-electron chi connectivity index (χ1n) is 5.13. The van der Waals surface area contributed by atoms with Gasteiger partial charge in [0.25, 0.3) is 0 Å². The molecule has 0 fully saturated rings. The number of unbranched alkanes of at least 4 members (excludes halogenated alkanes) is 5. The largest absolute Gasteiger partial charge is 0.385 e. The van der Waals surface area contributed by atoms with E-state index in [2.05, 4.69) is 6.92 Å². The SMILES string of the molecule is C.CCCCCCCCOC.CPO. The van der Waals surface area contributed by atoms with Gasteiger partial charge in [0.15, 0.2) is 0 Å². The minimum absolute atomic E-state index is 0. The summed E-state index contributed by atoms with van der Waals surface area (Å²) in [5, 5.41) is 0. The van der Waals surface area contributed by atoms with Gasteiger partial charge in [-0.15, -0.1) is 0 Å². The third-order valence-corrected chi connectivity index (χ3v) is 1.70. The maximum atomic E-state index is 7.60. The number of hydrogen-bond donors (Lipinski definition) is 1. The number of ether oxygens (including phenoxy) is 1. The van der Waals surface area contributed by atoms with Crippen molar-refractivity contribution in [3.8, 4) is 0 Å². The Morgan fingerprint density at radius 2 is 1.50 bits per heavy atom. The fraction of sp³-hybridized carbons (Fsp3) is 1.00. The molecule has 0 saturated heterocycles. The molecule has 0 spiro atoms. The molecule has 1 unspecified atom stereocenters. The highest BCUT2D eigenvalue weighted by atomic mass is 31.1. The predicted octanol–water partition coefficient (Wildman–Crippen LogP) is 3.83. The third-order valence-electron chi connectivity index (χ3n) is 1.70. The highest BCUT2D eigenvalue weighted by Gasteiger charge is 1.87. The Morgan fingerprint density at radius 3 is 1.93 bits per heavy atom. The fourth-order valence-corrected chi connectivity index (χ4v) is 1.03. The zero-order valence-corrected chi connectivity index (χ0v) is 10.3. The first kappa shape index (κ1) is 19.9. The Kier molecular flexibility index (Phi) is 33.0. The van der Waals surface area contributed by atoms with Crippen molar-refractivity contribution in [2.75, 3.05) is 20.4 Å². The second kappa shape index (κ2) is 23.3. The maximum Gasteiger partial charge on any atom is 0.0462 e. The summed E-state index contributed by atoms with van der Waals surface area (Å²) in [6, 6.07) is 0. The average molecular weight is 224 g/mol. The zero-order chi connectivity index (χ0) is 10.4. The van der Waals surface area contributed by atoms with Crippen molar-refractivity contribution in [2.24, 2.45) is 0 Å². The van der Waals surface area contributed by atoms with Crippen LogP contribution >= 0.6 is 8.81 Å². The molecule has 0 radical (unpaired) electrons. The van der Waals surface area contributed by atoms with Crippen LogP contribution in [0.4, 0.5) is 0 Å². The van der Waals surface area contributed by atoms with Gasteiger partial charge < -0.3 is 9.63 Å².